The van der Waals surface area contributed by atoms with Crippen LogP contribution in [0.2, 0.25) is 5.02 Å². The average molecular weight is 278 g/mol. The highest BCUT2D eigenvalue weighted by atomic mass is 35.5. The van der Waals surface area contributed by atoms with E-state index in [4.69, 9.17) is 22.1 Å². The molecule has 1 heterocycles. The number of halogens is 2. The van der Waals surface area contributed by atoms with E-state index in [0.717, 1.165) is 5.56 Å². The van der Waals surface area contributed by atoms with Crippen LogP contribution in [0.25, 0.3) is 0 Å². The molecule has 19 heavy (non-hydrogen) atoms. The zero-order valence-electron chi connectivity index (χ0n) is 10.1. The molecule has 0 saturated carbocycles. The Morgan fingerprint density at radius 1 is 1.16 bits per heavy atom. The molecule has 0 bridgehead atoms. The first-order chi connectivity index (χ1) is 9.16. The van der Waals surface area contributed by atoms with Crippen LogP contribution in [0.15, 0.2) is 42.5 Å². The second-order valence-electron chi connectivity index (χ2n) is 4.62. The van der Waals surface area contributed by atoms with Crippen molar-refractivity contribution in [3.63, 3.8) is 0 Å². The van der Waals surface area contributed by atoms with E-state index in [2.05, 4.69) is 0 Å². The summed E-state index contributed by atoms with van der Waals surface area (Å²) in [6.07, 6.45) is 0.0658. The molecular formula is C15H13ClFNO. The van der Waals surface area contributed by atoms with Crippen LogP contribution in [0.3, 0.4) is 0 Å². The normalized spacial score (nSPS) is 21.6. The fourth-order valence-corrected chi connectivity index (χ4v) is 2.73. The van der Waals surface area contributed by atoms with E-state index >= 15 is 0 Å². The van der Waals surface area contributed by atoms with Crippen LogP contribution in [0.5, 0.6) is 5.75 Å². The number of benzene rings is 2. The van der Waals surface area contributed by atoms with Crippen molar-refractivity contribution in [2.45, 2.75) is 18.6 Å². The van der Waals surface area contributed by atoms with Gasteiger partial charge >= 0.3 is 0 Å². The highest BCUT2D eigenvalue weighted by Gasteiger charge is 2.29. The van der Waals surface area contributed by atoms with E-state index in [-0.39, 0.29) is 11.9 Å². The molecule has 1 aliphatic heterocycles. The molecule has 2 N–H and O–H groups in total. The number of para-hydroxylation sites is 1. The predicted molar refractivity (Wildman–Crippen MR) is 72.8 cm³/mol. The third-order valence-electron chi connectivity index (χ3n) is 3.38. The number of rotatable bonds is 1. The molecule has 1 aliphatic rings. The Hall–Kier alpha value is -1.58. The van der Waals surface area contributed by atoms with E-state index in [0.29, 0.717) is 22.8 Å². The van der Waals surface area contributed by atoms with Gasteiger partial charge in [-0.05, 0) is 18.2 Å². The van der Waals surface area contributed by atoms with Crippen LogP contribution < -0.4 is 10.5 Å². The Labute approximate surface area is 115 Å². The summed E-state index contributed by atoms with van der Waals surface area (Å²) in [4.78, 5) is 0. The lowest BCUT2D eigenvalue weighted by molar-refractivity contribution is 0.157. The Kier molecular flexibility index (Phi) is 3.17. The van der Waals surface area contributed by atoms with Crippen molar-refractivity contribution in [1.29, 1.82) is 0 Å². The third kappa shape index (κ3) is 2.20. The summed E-state index contributed by atoms with van der Waals surface area (Å²) >= 11 is 6.08. The van der Waals surface area contributed by atoms with Crippen molar-refractivity contribution < 1.29 is 9.13 Å². The number of ether oxygens (including phenoxy) is 1. The average Bonchev–Trinajstić information content (AvgIpc) is 2.38. The molecule has 4 heteroatoms. The zero-order chi connectivity index (χ0) is 13.4. The Balaban J connectivity index is 2.02. The molecule has 2 aromatic carbocycles. The first kappa shape index (κ1) is 12.5. The van der Waals surface area contributed by atoms with Gasteiger partial charge in [-0.15, -0.1) is 0 Å². The first-order valence-corrected chi connectivity index (χ1v) is 6.49. The van der Waals surface area contributed by atoms with Gasteiger partial charge in [0.25, 0.3) is 0 Å². The van der Waals surface area contributed by atoms with Gasteiger partial charge in [0.15, 0.2) is 0 Å². The molecule has 2 nitrogen and oxygen atoms in total. The molecule has 0 radical (unpaired) electrons. The molecule has 3 rings (SSSR count). The minimum atomic E-state index is -0.446. The molecule has 0 amide bonds. The van der Waals surface area contributed by atoms with Crippen LogP contribution in [0, 0.1) is 5.82 Å². The number of fused-ring (bicyclic) bond motifs is 1. The van der Waals surface area contributed by atoms with Gasteiger partial charge in [-0.1, -0.05) is 35.9 Å². The van der Waals surface area contributed by atoms with Gasteiger partial charge in [0.1, 0.15) is 17.7 Å². The van der Waals surface area contributed by atoms with Crippen molar-refractivity contribution >= 4 is 11.6 Å². The van der Waals surface area contributed by atoms with Gasteiger partial charge < -0.3 is 10.5 Å². The molecule has 0 spiro atoms. The van der Waals surface area contributed by atoms with Crippen LogP contribution in [-0.2, 0) is 0 Å². The second-order valence-corrected chi connectivity index (χ2v) is 5.03. The van der Waals surface area contributed by atoms with E-state index < -0.39 is 6.10 Å². The maximum Gasteiger partial charge on any atom is 0.131 e. The summed E-state index contributed by atoms with van der Waals surface area (Å²) in [5.41, 5.74) is 7.46. The second kappa shape index (κ2) is 4.83. The van der Waals surface area contributed by atoms with Crippen molar-refractivity contribution in [2.75, 3.05) is 0 Å². The zero-order valence-corrected chi connectivity index (χ0v) is 10.9. The van der Waals surface area contributed by atoms with Crippen LogP contribution in [0.4, 0.5) is 4.39 Å². The highest BCUT2D eigenvalue weighted by Crippen LogP contribution is 2.41. The van der Waals surface area contributed by atoms with Crippen molar-refractivity contribution in [3.05, 3.63) is 64.4 Å². The van der Waals surface area contributed by atoms with Gasteiger partial charge in [0.2, 0.25) is 0 Å². The molecule has 98 valence electrons. The topological polar surface area (TPSA) is 35.2 Å². The largest absolute Gasteiger partial charge is 0.485 e. The highest BCUT2D eigenvalue weighted by molar-refractivity contribution is 6.31. The van der Waals surface area contributed by atoms with Crippen molar-refractivity contribution in [1.82, 2.24) is 0 Å². The van der Waals surface area contributed by atoms with Gasteiger partial charge in [0.05, 0.1) is 5.02 Å². The molecular weight excluding hydrogens is 265 g/mol. The van der Waals surface area contributed by atoms with Gasteiger partial charge in [-0.25, -0.2) is 4.39 Å². The number of nitrogens with two attached hydrogens (primary N) is 1. The third-order valence-corrected chi connectivity index (χ3v) is 3.71. The summed E-state index contributed by atoms with van der Waals surface area (Å²) in [5, 5.41) is 0.372. The lowest BCUT2D eigenvalue weighted by atomic mass is 9.93. The minimum Gasteiger partial charge on any atom is -0.485 e. The quantitative estimate of drug-likeness (QED) is 0.855. The standard InChI is InChI=1S/C15H13ClFNO/c16-10-5-3-6-11(17)15(10)14-8-12(18)9-4-1-2-7-13(9)19-14/h1-7,12,14H,8,18H2. The maximum atomic E-state index is 13.9. The Bertz CT molecular complexity index is 597. The number of hydrogen-bond donors (Lipinski definition) is 1. The smallest absolute Gasteiger partial charge is 0.131 e. The summed E-state index contributed by atoms with van der Waals surface area (Å²) in [7, 11) is 0. The van der Waals surface area contributed by atoms with Gasteiger partial charge in [-0.2, -0.15) is 0 Å². The van der Waals surface area contributed by atoms with Crippen LogP contribution in [0.1, 0.15) is 29.7 Å². The van der Waals surface area contributed by atoms with Gasteiger partial charge in [0, 0.05) is 23.6 Å². The minimum absolute atomic E-state index is 0.175. The molecule has 2 unspecified atom stereocenters. The van der Waals surface area contributed by atoms with Crippen molar-refractivity contribution in [2.24, 2.45) is 5.73 Å². The van der Waals surface area contributed by atoms with Crippen LogP contribution in [-0.4, -0.2) is 0 Å². The first-order valence-electron chi connectivity index (χ1n) is 6.12. The molecule has 0 saturated heterocycles. The summed E-state index contributed by atoms with van der Waals surface area (Å²) in [5.74, 6) is 0.342. The molecule has 2 atom stereocenters. The monoisotopic (exact) mass is 277 g/mol. The summed E-state index contributed by atoms with van der Waals surface area (Å²) in [6, 6.07) is 12.0. The summed E-state index contributed by atoms with van der Waals surface area (Å²) < 4.78 is 19.8. The van der Waals surface area contributed by atoms with Gasteiger partial charge in [-0.3, -0.25) is 0 Å². The number of hydrogen-bond acceptors (Lipinski definition) is 2. The molecule has 0 aliphatic carbocycles. The Morgan fingerprint density at radius 3 is 2.74 bits per heavy atom. The van der Waals surface area contributed by atoms with Crippen molar-refractivity contribution in [3.8, 4) is 5.75 Å². The predicted octanol–water partition coefficient (Wildman–Crippen LogP) is 4.00. The summed E-state index contributed by atoms with van der Waals surface area (Å²) in [6.45, 7) is 0. The lowest BCUT2D eigenvalue weighted by Crippen LogP contribution is -2.24. The van der Waals surface area contributed by atoms with E-state index in [1.165, 1.54) is 6.07 Å². The maximum absolute atomic E-state index is 13.9. The fraction of sp³-hybridized carbons (Fsp3) is 0.200. The molecule has 0 fully saturated rings. The molecule has 2 aromatic rings. The molecule has 0 aromatic heterocycles. The Morgan fingerprint density at radius 2 is 1.95 bits per heavy atom. The van der Waals surface area contributed by atoms with E-state index in [1.807, 2.05) is 24.3 Å². The van der Waals surface area contributed by atoms with E-state index in [9.17, 15) is 4.39 Å². The van der Waals surface area contributed by atoms with E-state index in [1.54, 1.807) is 12.1 Å². The lowest BCUT2D eigenvalue weighted by Gasteiger charge is -2.31. The fourth-order valence-electron chi connectivity index (χ4n) is 2.45. The SMILES string of the molecule is NC1CC(c2c(F)cccc2Cl)Oc2ccccc21. The van der Waals surface area contributed by atoms with Crippen LogP contribution >= 0.6 is 11.6 Å².